The molecule has 8 heteroatoms. The second-order valence-corrected chi connectivity index (χ2v) is 8.50. The molecule has 0 spiro atoms. The van der Waals surface area contributed by atoms with Gasteiger partial charge in [0.05, 0.1) is 13.2 Å². The molecule has 31 heavy (non-hydrogen) atoms. The second kappa shape index (κ2) is 8.17. The van der Waals surface area contributed by atoms with Crippen molar-refractivity contribution in [1.82, 2.24) is 15.1 Å². The highest BCUT2D eigenvalue weighted by atomic mass is 16.5. The zero-order chi connectivity index (χ0) is 22.2. The van der Waals surface area contributed by atoms with Crippen molar-refractivity contribution in [1.29, 1.82) is 0 Å². The van der Waals surface area contributed by atoms with Crippen molar-refractivity contribution in [3.63, 3.8) is 0 Å². The lowest BCUT2D eigenvalue weighted by atomic mass is 9.93. The first-order chi connectivity index (χ1) is 14.8. The zero-order valence-electron chi connectivity index (χ0n) is 18.2. The number of nitrogens with one attached hydrogen (secondary N) is 1. The average molecular weight is 425 g/mol. The summed E-state index contributed by atoms with van der Waals surface area (Å²) in [5, 5.41) is 7.42. The lowest BCUT2D eigenvalue weighted by Crippen LogP contribution is -2.65. The molecule has 1 atom stereocenters. The minimum atomic E-state index is -1.19. The Morgan fingerprint density at radius 3 is 2.55 bits per heavy atom. The summed E-state index contributed by atoms with van der Waals surface area (Å²) in [7, 11) is 0. The van der Waals surface area contributed by atoms with Gasteiger partial charge in [0.2, 0.25) is 5.91 Å². The summed E-state index contributed by atoms with van der Waals surface area (Å²) >= 11 is 0. The van der Waals surface area contributed by atoms with Crippen molar-refractivity contribution in [2.24, 2.45) is 0 Å². The van der Waals surface area contributed by atoms with Crippen molar-refractivity contribution < 1.29 is 19.1 Å². The largest absolute Gasteiger partial charge is 0.461 e. The predicted molar refractivity (Wildman–Crippen MR) is 115 cm³/mol. The Balaban J connectivity index is 1.75. The van der Waals surface area contributed by atoms with Crippen LogP contribution in [0.4, 0.5) is 5.69 Å². The van der Waals surface area contributed by atoms with Crippen LogP contribution in [0.25, 0.3) is 0 Å². The molecule has 1 aliphatic heterocycles. The van der Waals surface area contributed by atoms with E-state index in [0.717, 1.165) is 31.2 Å². The monoisotopic (exact) mass is 424 g/mol. The number of carbonyl (C=O) groups is 3. The fraction of sp³-hybridized carbons (Fsp3) is 0.478. The third-order valence-electron chi connectivity index (χ3n) is 6.11. The molecule has 0 unspecified atom stereocenters. The number of rotatable bonds is 5. The summed E-state index contributed by atoms with van der Waals surface area (Å²) in [6.45, 7) is 5.78. The topological polar surface area (TPSA) is 93.5 Å². The summed E-state index contributed by atoms with van der Waals surface area (Å²) in [6.07, 6.45) is 4.07. The number of aryl methyl sites for hydroxylation is 1. The normalized spacial score (nSPS) is 21.1. The second-order valence-electron chi connectivity index (χ2n) is 8.50. The zero-order valence-corrected chi connectivity index (χ0v) is 18.2. The molecule has 2 amide bonds. The average Bonchev–Trinajstić information content (AvgIpc) is 3.39. The van der Waals surface area contributed by atoms with Crippen LogP contribution in [0.3, 0.4) is 0 Å². The van der Waals surface area contributed by atoms with Gasteiger partial charge in [0.15, 0.2) is 5.69 Å². The Hall–Kier alpha value is -3.16. The number of nitrogens with zero attached hydrogens (tertiary/aromatic N) is 3. The van der Waals surface area contributed by atoms with Gasteiger partial charge in [-0.25, -0.2) is 4.79 Å². The van der Waals surface area contributed by atoms with Gasteiger partial charge >= 0.3 is 5.97 Å². The number of amides is 2. The van der Waals surface area contributed by atoms with Crippen LogP contribution in [0, 0.1) is 6.92 Å². The summed E-state index contributed by atoms with van der Waals surface area (Å²) in [6, 6.07) is 9.06. The van der Waals surface area contributed by atoms with Gasteiger partial charge in [0, 0.05) is 17.8 Å². The van der Waals surface area contributed by atoms with Crippen LogP contribution in [0.5, 0.6) is 0 Å². The molecule has 2 heterocycles. The van der Waals surface area contributed by atoms with E-state index in [9.17, 15) is 14.4 Å². The lowest BCUT2D eigenvalue weighted by molar-refractivity contribution is -0.127. The highest BCUT2D eigenvalue weighted by molar-refractivity contribution is 6.12. The molecule has 0 radical (unpaired) electrons. The standard InChI is InChI=1S/C23H28N4O4/c1-4-31-21(29)18-13-19-20(28)27(17-11-9-15(2)10-12-17)23(3,14-26(19)25-18)22(30)24-16-7-5-6-8-16/h9-13,16H,4-8,14H2,1-3H3,(H,24,30)/t23-/m0/s1. The number of esters is 1. The van der Waals surface area contributed by atoms with E-state index in [1.54, 1.807) is 13.8 Å². The Kier molecular flexibility index (Phi) is 5.56. The van der Waals surface area contributed by atoms with Crippen LogP contribution >= 0.6 is 0 Å². The molecule has 1 saturated carbocycles. The number of ether oxygens (including phenoxy) is 1. The fourth-order valence-electron chi connectivity index (χ4n) is 4.40. The number of carbonyl (C=O) groups excluding carboxylic acids is 3. The predicted octanol–water partition coefficient (Wildman–Crippen LogP) is 2.85. The summed E-state index contributed by atoms with van der Waals surface area (Å²) in [5.74, 6) is -1.18. The van der Waals surface area contributed by atoms with Crippen molar-refractivity contribution in [3.05, 3.63) is 47.3 Å². The van der Waals surface area contributed by atoms with E-state index in [1.807, 2.05) is 31.2 Å². The molecule has 8 nitrogen and oxygen atoms in total. The summed E-state index contributed by atoms with van der Waals surface area (Å²) in [4.78, 5) is 40.8. The molecule has 1 aromatic carbocycles. The Morgan fingerprint density at radius 2 is 1.90 bits per heavy atom. The van der Waals surface area contributed by atoms with Gasteiger partial charge in [-0.15, -0.1) is 0 Å². The molecule has 0 saturated heterocycles. The molecular formula is C23H28N4O4. The van der Waals surface area contributed by atoms with Gasteiger partial charge in [-0.1, -0.05) is 30.5 Å². The van der Waals surface area contributed by atoms with Crippen LogP contribution in [0.1, 0.15) is 66.1 Å². The van der Waals surface area contributed by atoms with Gasteiger partial charge in [-0.3, -0.25) is 19.2 Å². The molecule has 1 N–H and O–H groups in total. The molecule has 4 rings (SSSR count). The van der Waals surface area contributed by atoms with Gasteiger partial charge in [0.1, 0.15) is 11.2 Å². The van der Waals surface area contributed by atoms with E-state index in [1.165, 1.54) is 15.6 Å². The van der Waals surface area contributed by atoms with E-state index < -0.39 is 11.5 Å². The number of anilines is 1. The van der Waals surface area contributed by atoms with E-state index in [-0.39, 0.29) is 42.4 Å². The smallest absolute Gasteiger partial charge is 0.358 e. The maximum atomic E-state index is 13.6. The molecular weight excluding hydrogens is 396 g/mol. The van der Waals surface area contributed by atoms with Gasteiger partial charge in [0.25, 0.3) is 5.91 Å². The first-order valence-electron chi connectivity index (χ1n) is 10.8. The van der Waals surface area contributed by atoms with Gasteiger partial charge in [-0.2, -0.15) is 5.10 Å². The maximum absolute atomic E-state index is 13.6. The van der Waals surface area contributed by atoms with E-state index in [2.05, 4.69) is 10.4 Å². The number of aromatic nitrogens is 2. The van der Waals surface area contributed by atoms with Crippen molar-refractivity contribution in [3.8, 4) is 0 Å². The summed E-state index contributed by atoms with van der Waals surface area (Å²) < 4.78 is 6.49. The molecule has 2 aliphatic rings. The third-order valence-corrected chi connectivity index (χ3v) is 6.11. The Morgan fingerprint density at radius 1 is 1.23 bits per heavy atom. The minimum Gasteiger partial charge on any atom is -0.461 e. The first-order valence-corrected chi connectivity index (χ1v) is 10.8. The number of benzene rings is 1. The molecule has 1 aliphatic carbocycles. The van der Waals surface area contributed by atoms with Crippen LogP contribution < -0.4 is 10.2 Å². The quantitative estimate of drug-likeness (QED) is 0.745. The van der Waals surface area contributed by atoms with Gasteiger partial charge < -0.3 is 10.1 Å². The Bertz CT molecular complexity index is 1010. The maximum Gasteiger partial charge on any atom is 0.358 e. The third kappa shape index (κ3) is 3.82. The lowest BCUT2D eigenvalue weighted by Gasteiger charge is -2.43. The van der Waals surface area contributed by atoms with Gasteiger partial charge in [-0.05, 0) is 45.7 Å². The first kappa shape index (κ1) is 21.1. The summed E-state index contributed by atoms with van der Waals surface area (Å²) in [5.41, 5.74) is 0.814. The van der Waals surface area contributed by atoms with Crippen molar-refractivity contribution in [2.45, 2.75) is 64.6 Å². The molecule has 0 bridgehead atoms. The van der Waals surface area contributed by atoms with E-state index in [0.29, 0.717) is 5.69 Å². The van der Waals surface area contributed by atoms with Crippen LogP contribution in [0.15, 0.2) is 30.3 Å². The highest BCUT2D eigenvalue weighted by Gasteiger charge is 2.49. The van der Waals surface area contributed by atoms with Crippen LogP contribution in [0.2, 0.25) is 0 Å². The molecule has 1 fully saturated rings. The molecule has 164 valence electrons. The van der Waals surface area contributed by atoms with Crippen molar-refractivity contribution >= 4 is 23.5 Å². The number of hydrogen-bond donors (Lipinski definition) is 1. The minimum absolute atomic E-state index is 0.0644. The van der Waals surface area contributed by atoms with Crippen LogP contribution in [-0.2, 0) is 16.1 Å². The van der Waals surface area contributed by atoms with E-state index in [4.69, 9.17) is 4.74 Å². The molecule has 1 aromatic heterocycles. The number of fused-ring (bicyclic) bond motifs is 1. The van der Waals surface area contributed by atoms with E-state index >= 15 is 0 Å². The Labute approximate surface area is 181 Å². The fourth-order valence-corrected chi connectivity index (χ4v) is 4.40. The van der Waals surface area contributed by atoms with Crippen molar-refractivity contribution in [2.75, 3.05) is 11.5 Å². The number of hydrogen-bond acceptors (Lipinski definition) is 5. The molecule has 2 aromatic rings. The van der Waals surface area contributed by atoms with Crippen LogP contribution in [-0.4, -0.2) is 45.8 Å². The SMILES string of the molecule is CCOC(=O)c1cc2n(n1)C[C@@](C)(C(=O)NC1CCCC1)N(c1ccc(C)cc1)C2=O. The highest BCUT2D eigenvalue weighted by Crippen LogP contribution is 2.33.